The summed E-state index contributed by atoms with van der Waals surface area (Å²) in [6.45, 7) is 12.5. The van der Waals surface area contributed by atoms with Crippen LogP contribution >= 0.6 is 0 Å². The van der Waals surface area contributed by atoms with E-state index in [0.29, 0.717) is 12.5 Å². The second-order valence-corrected chi connectivity index (χ2v) is 7.58. The highest BCUT2D eigenvalue weighted by Gasteiger charge is 2.32. The highest BCUT2D eigenvalue weighted by Crippen LogP contribution is 2.34. The van der Waals surface area contributed by atoms with Crippen molar-refractivity contribution in [2.75, 3.05) is 26.2 Å². The number of nitrogens with zero attached hydrogens (tertiary/aromatic N) is 2. The molecule has 0 aromatic carbocycles. The molecule has 0 aromatic heterocycles. The number of urea groups is 1. The zero-order valence-corrected chi connectivity index (χ0v) is 14.1. The van der Waals surface area contributed by atoms with Crippen LogP contribution in [0.3, 0.4) is 0 Å². The Morgan fingerprint density at radius 3 is 2.14 bits per heavy atom. The van der Waals surface area contributed by atoms with Gasteiger partial charge in [0.1, 0.15) is 6.54 Å². The molecule has 0 atom stereocenters. The second kappa shape index (κ2) is 7.14. The summed E-state index contributed by atoms with van der Waals surface area (Å²) in [5.41, 5.74) is 0.272. The van der Waals surface area contributed by atoms with Crippen LogP contribution in [0.2, 0.25) is 0 Å². The highest BCUT2D eigenvalue weighted by molar-refractivity contribution is 5.80. The Bertz CT molecular complexity index is 366. The van der Waals surface area contributed by atoms with Gasteiger partial charge in [0, 0.05) is 19.6 Å². The number of amides is 2. The molecular weight excluding hydrogens is 268 g/mol. The van der Waals surface area contributed by atoms with E-state index in [4.69, 9.17) is 5.11 Å². The van der Waals surface area contributed by atoms with Gasteiger partial charge < -0.3 is 14.9 Å². The van der Waals surface area contributed by atoms with Crippen LogP contribution in [-0.4, -0.2) is 53.1 Å². The molecule has 0 aliphatic carbocycles. The molecule has 5 heteroatoms. The lowest BCUT2D eigenvalue weighted by Gasteiger charge is -2.40. The zero-order valence-electron chi connectivity index (χ0n) is 14.1. The monoisotopic (exact) mass is 298 g/mol. The highest BCUT2D eigenvalue weighted by atomic mass is 16.4. The van der Waals surface area contributed by atoms with Gasteiger partial charge in [0.25, 0.3) is 0 Å². The molecule has 2 amide bonds. The van der Waals surface area contributed by atoms with Crippen molar-refractivity contribution in [2.24, 2.45) is 17.3 Å². The molecule has 1 N–H and O–H groups in total. The summed E-state index contributed by atoms with van der Waals surface area (Å²) in [6.07, 6.45) is 2.00. The molecule has 0 spiro atoms. The van der Waals surface area contributed by atoms with Crippen LogP contribution in [0.1, 0.15) is 47.5 Å². The summed E-state index contributed by atoms with van der Waals surface area (Å²) in [6, 6.07) is -0.126. The molecule has 1 aliphatic rings. The van der Waals surface area contributed by atoms with E-state index in [1.165, 1.54) is 4.90 Å². The Morgan fingerprint density at radius 1 is 1.24 bits per heavy atom. The van der Waals surface area contributed by atoms with Gasteiger partial charge in [-0.2, -0.15) is 0 Å². The van der Waals surface area contributed by atoms with Crippen molar-refractivity contribution in [1.82, 2.24) is 9.80 Å². The maximum absolute atomic E-state index is 12.5. The molecule has 1 aliphatic heterocycles. The lowest BCUT2D eigenvalue weighted by molar-refractivity contribution is -0.137. The third kappa shape index (κ3) is 5.56. The topological polar surface area (TPSA) is 60.9 Å². The predicted octanol–water partition coefficient (Wildman–Crippen LogP) is 2.91. The SMILES string of the molecule is CC(C)CN(CC(=O)O)C(=O)N1CCC(C(C)(C)C)CC1. The lowest BCUT2D eigenvalue weighted by Crippen LogP contribution is -2.50. The van der Waals surface area contributed by atoms with Gasteiger partial charge >= 0.3 is 12.0 Å². The van der Waals surface area contributed by atoms with Crippen molar-refractivity contribution in [3.8, 4) is 0 Å². The molecule has 0 bridgehead atoms. The van der Waals surface area contributed by atoms with Gasteiger partial charge in [0.05, 0.1) is 0 Å². The number of likely N-dealkylation sites (tertiary alicyclic amines) is 1. The minimum absolute atomic E-state index is 0.126. The maximum Gasteiger partial charge on any atom is 0.323 e. The third-order valence-corrected chi connectivity index (χ3v) is 4.17. The van der Waals surface area contributed by atoms with Gasteiger partial charge in [-0.25, -0.2) is 4.79 Å². The quantitative estimate of drug-likeness (QED) is 0.868. The summed E-state index contributed by atoms with van der Waals surface area (Å²) >= 11 is 0. The van der Waals surface area contributed by atoms with Gasteiger partial charge in [-0.05, 0) is 30.1 Å². The fourth-order valence-corrected chi connectivity index (χ4v) is 2.95. The number of hydrogen-bond acceptors (Lipinski definition) is 2. The minimum Gasteiger partial charge on any atom is -0.480 e. The number of rotatable bonds is 4. The third-order valence-electron chi connectivity index (χ3n) is 4.17. The fraction of sp³-hybridized carbons (Fsp3) is 0.875. The molecular formula is C16H30N2O3. The molecule has 1 rings (SSSR count). The number of carbonyl (C=O) groups excluding carboxylic acids is 1. The van der Waals surface area contributed by atoms with E-state index in [1.807, 2.05) is 18.7 Å². The van der Waals surface area contributed by atoms with Crippen molar-refractivity contribution in [2.45, 2.75) is 47.5 Å². The first-order chi connectivity index (χ1) is 9.61. The van der Waals surface area contributed by atoms with Crippen molar-refractivity contribution in [3.05, 3.63) is 0 Å². The standard InChI is InChI=1S/C16H30N2O3/c1-12(2)10-18(11-14(19)20)15(21)17-8-6-13(7-9-17)16(3,4)5/h12-13H,6-11H2,1-5H3,(H,19,20). The van der Waals surface area contributed by atoms with Crippen LogP contribution in [-0.2, 0) is 4.79 Å². The average molecular weight is 298 g/mol. The van der Waals surface area contributed by atoms with Crippen LogP contribution in [0.5, 0.6) is 0 Å². The number of carboxylic acid groups (broad SMARTS) is 1. The van der Waals surface area contributed by atoms with Gasteiger partial charge in [-0.3, -0.25) is 4.79 Å². The number of carbonyl (C=O) groups is 2. The first-order valence-corrected chi connectivity index (χ1v) is 7.87. The van der Waals surface area contributed by atoms with Gasteiger partial charge in [-0.15, -0.1) is 0 Å². The lowest BCUT2D eigenvalue weighted by atomic mass is 9.75. The first kappa shape index (κ1) is 17.8. The van der Waals surface area contributed by atoms with Gasteiger partial charge in [0.15, 0.2) is 0 Å². The Hall–Kier alpha value is -1.26. The van der Waals surface area contributed by atoms with Crippen LogP contribution < -0.4 is 0 Å². The summed E-state index contributed by atoms with van der Waals surface area (Å²) in [7, 11) is 0. The van der Waals surface area contributed by atoms with E-state index in [2.05, 4.69) is 20.8 Å². The molecule has 1 heterocycles. The number of aliphatic carboxylic acids is 1. The number of carboxylic acids is 1. The average Bonchev–Trinajstić information content (AvgIpc) is 2.35. The van der Waals surface area contributed by atoms with Crippen LogP contribution in [0.4, 0.5) is 4.79 Å². The smallest absolute Gasteiger partial charge is 0.323 e. The van der Waals surface area contributed by atoms with Crippen molar-refractivity contribution in [3.63, 3.8) is 0 Å². The molecule has 0 unspecified atom stereocenters. The van der Waals surface area contributed by atoms with E-state index in [9.17, 15) is 9.59 Å². The molecule has 0 radical (unpaired) electrons. The van der Waals surface area contributed by atoms with E-state index in [1.54, 1.807) is 0 Å². The van der Waals surface area contributed by atoms with E-state index >= 15 is 0 Å². The number of piperidine rings is 1. The Morgan fingerprint density at radius 2 is 1.76 bits per heavy atom. The van der Waals surface area contributed by atoms with Crippen molar-refractivity contribution in [1.29, 1.82) is 0 Å². The summed E-state index contributed by atoms with van der Waals surface area (Å²) in [4.78, 5) is 26.7. The second-order valence-electron chi connectivity index (χ2n) is 7.58. The van der Waals surface area contributed by atoms with E-state index in [0.717, 1.165) is 25.9 Å². The maximum atomic E-state index is 12.5. The summed E-state index contributed by atoms with van der Waals surface area (Å²) < 4.78 is 0. The Labute approximate surface area is 128 Å². The largest absolute Gasteiger partial charge is 0.480 e. The van der Waals surface area contributed by atoms with E-state index < -0.39 is 5.97 Å². The van der Waals surface area contributed by atoms with Crippen molar-refractivity contribution >= 4 is 12.0 Å². The zero-order chi connectivity index (χ0) is 16.2. The molecule has 21 heavy (non-hydrogen) atoms. The van der Waals surface area contributed by atoms with Crippen LogP contribution in [0.25, 0.3) is 0 Å². The Kier molecular flexibility index (Phi) is 6.05. The number of hydrogen-bond donors (Lipinski definition) is 1. The molecule has 122 valence electrons. The predicted molar refractivity (Wildman–Crippen MR) is 83.2 cm³/mol. The van der Waals surface area contributed by atoms with Crippen molar-refractivity contribution < 1.29 is 14.7 Å². The molecule has 0 saturated carbocycles. The normalized spacial score (nSPS) is 17.1. The molecule has 5 nitrogen and oxygen atoms in total. The summed E-state index contributed by atoms with van der Waals surface area (Å²) in [5, 5.41) is 8.98. The van der Waals surface area contributed by atoms with Gasteiger partial charge in [0.2, 0.25) is 0 Å². The molecule has 0 aromatic rings. The molecule has 1 saturated heterocycles. The van der Waals surface area contributed by atoms with Crippen LogP contribution in [0, 0.1) is 17.3 Å². The summed E-state index contributed by atoms with van der Waals surface area (Å²) in [5.74, 6) is -0.0615. The Balaban J connectivity index is 2.62. The van der Waals surface area contributed by atoms with E-state index in [-0.39, 0.29) is 23.9 Å². The molecule has 1 fully saturated rings. The minimum atomic E-state index is -0.950. The van der Waals surface area contributed by atoms with Gasteiger partial charge in [-0.1, -0.05) is 34.6 Å². The fourth-order valence-electron chi connectivity index (χ4n) is 2.95. The van der Waals surface area contributed by atoms with Crippen LogP contribution in [0.15, 0.2) is 0 Å². The first-order valence-electron chi connectivity index (χ1n) is 7.87.